The second-order valence-electron chi connectivity index (χ2n) is 12.7. The monoisotopic (exact) mass is 1300 g/mol. The summed E-state index contributed by atoms with van der Waals surface area (Å²) in [7, 11) is 7.88. The Morgan fingerprint density at radius 3 is 1.05 bits per heavy atom. The number of carbonyl (C=O) groups is 2. The number of ether oxygens (including phenoxy) is 5. The van der Waals surface area contributed by atoms with Crippen LogP contribution >= 0.6 is 127 Å². The van der Waals surface area contributed by atoms with Crippen molar-refractivity contribution in [2.45, 2.75) is 13.0 Å². The third-order valence-electron chi connectivity index (χ3n) is 9.39. The Kier molecular flexibility index (Phi) is 15.4. The summed E-state index contributed by atoms with van der Waals surface area (Å²) < 4.78 is 34.7. The summed E-state index contributed by atoms with van der Waals surface area (Å²) in [5.74, 6) is 2.20. The molecule has 5 aromatic carbocycles. The van der Waals surface area contributed by atoms with E-state index >= 15 is 9.59 Å². The quantitative estimate of drug-likeness (QED) is 0.100. The van der Waals surface area contributed by atoms with Crippen molar-refractivity contribution in [1.82, 2.24) is 4.57 Å². The maximum absolute atomic E-state index is 15.6. The molecule has 6 rings (SSSR count). The van der Waals surface area contributed by atoms with Gasteiger partial charge in [0.05, 0.1) is 82.7 Å². The summed E-state index contributed by atoms with van der Waals surface area (Å²) in [5, 5.41) is 0. The molecule has 0 spiro atoms. The summed E-state index contributed by atoms with van der Waals surface area (Å²) in [6.45, 7) is 0.232. The second-order valence-corrected chi connectivity index (χ2v) is 19.6. The zero-order valence-corrected chi connectivity index (χ0v) is 44.4. The number of hydrogen-bond donors (Lipinski definition) is 0. The zero-order valence-electron chi connectivity index (χ0n) is 31.7. The van der Waals surface area contributed by atoms with Gasteiger partial charge in [0.1, 0.15) is 28.7 Å². The van der Waals surface area contributed by atoms with Gasteiger partial charge in [-0.3, -0.25) is 9.59 Å². The van der Waals surface area contributed by atoms with Gasteiger partial charge >= 0.3 is 0 Å². The SMILES string of the molecule is COc1ccc(CCn2c(C(=O)c3cc(Br)c(OC)c(Br)c3)c(-c3cc(Br)c(OC)c(Br)c3)c(-c3cc(Br)c(OC)c(Br)c3)c2C(=O)c2cc(Br)c(OC)c(Br)c2)cc1. The lowest BCUT2D eigenvalue weighted by Crippen LogP contribution is -2.18. The number of nitrogens with zero attached hydrogens (tertiary/aromatic N) is 1. The van der Waals surface area contributed by atoms with Crippen molar-refractivity contribution in [3.05, 3.63) is 137 Å². The molecular formula is C43H31Br8NO7. The highest BCUT2D eigenvalue weighted by atomic mass is 79.9. The van der Waals surface area contributed by atoms with Crippen molar-refractivity contribution in [3.8, 4) is 51.0 Å². The maximum Gasteiger partial charge on any atom is 0.210 e. The smallest absolute Gasteiger partial charge is 0.210 e. The predicted octanol–water partition coefficient (Wildman–Crippen LogP) is 14.7. The first kappa shape index (κ1) is 46.1. The van der Waals surface area contributed by atoms with Crippen LogP contribution in [-0.4, -0.2) is 51.7 Å². The van der Waals surface area contributed by atoms with E-state index < -0.39 is 0 Å². The van der Waals surface area contributed by atoms with Crippen LogP contribution in [0.25, 0.3) is 22.3 Å². The van der Waals surface area contributed by atoms with Crippen LogP contribution < -0.4 is 23.7 Å². The number of halogens is 8. The highest BCUT2D eigenvalue weighted by molar-refractivity contribution is 9.12. The molecular weight excluding hydrogens is 1280 g/mol. The molecule has 0 aliphatic heterocycles. The Morgan fingerprint density at radius 2 is 0.763 bits per heavy atom. The van der Waals surface area contributed by atoms with Gasteiger partial charge in [0.25, 0.3) is 0 Å². The fourth-order valence-corrected chi connectivity index (χ4v) is 12.8. The van der Waals surface area contributed by atoms with E-state index in [0.717, 1.165) is 5.56 Å². The highest BCUT2D eigenvalue weighted by Gasteiger charge is 2.35. The molecule has 306 valence electrons. The molecule has 6 aromatic rings. The summed E-state index contributed by atoms with van der Waals surface area (Å²) >= 11 is 29.3. The van der Waals surface area contributed by atoms with E-state index in [9.17, 15) is 0 Å². The third kappa shape index (κ3) is 9.35. The molecule has 0 aliphatic carbocycles. The van der Waals surface area contributed by atoms with Gasteiger partial charge in [-0.2, -0.15) is 0 Å². The number of hydrogen-bond acceptors (Lipinski definition) is 7. The van der Waals surface area contributed by atoms with E-state index in [2.05, 4.69) is 127 Å². The van der Waals surface area contributed by atoms with Gasteiger partial charge in [0.2, 0.25) is 11.6 Å². The average molecular weight is 1310 g/mol. The highest BCUT2D eigenvalue weighted by Crippen LogP contribution is 2.49. The lowest BCUT2D eigenvalue weighted by Gasteiger charge is -2.16. The lowest BCUT2D eigenvalue weighted by molar-refractivity contribution is 0.102. The number of rotatable bonds is 14. The number of aryl methyl sites for hydroxylation is 1. The predicted molar refractivity (Wildman–Crippen MR) is 260 cm³/mol. The van der Waals surface area contributed by atoms with Crippen molar-refractivity contribution < 1.29 is 33.3 Å². The number of aromatic nitrogens is 1. The molecule has 0 unspecified atom stereocenters. The van der Waals surface area contributed by atoms with E-state index in [1.807, 2.05) is 53.1 Å². The summed E-state index contributed by atoms with van der Waals surface area (Å²) in [4.78, 5) is 31.2. The normalized spacial score (nSPS) is 11.1. The van der Waals surface area contributed by atoms with Crippen LogP contribution in [0.1, 0.15) is 37.7 Å². The van der Waals surface area contributed by atoms with E-state index in [0.29, 0.717) is 104 Å². The summed E-state index contributed by atoms with van der Waals surface area (Å²) in [6, 6.07) is 22.1. The molecule has 8 nitrogen and oxygen atoms in total. The van der Waals surface area contributed by atoms with Crippen molar-refractivity contribution in [2.75, 3.05) is 35.5 Å². The Hall–Kier alpha value is -2.44. The molecule has 0 saturated heterocycles. The van der Waals surface area contributed by atoms with Gasteiger partial charge in [-0.15, -0.1) is 0 Å². The Bertz CT molecular complexity index is 2380. The number of benzene rings is 5. The van der Waals surface area contributed by atoms with Crippen LogP contribution in [0.5, 0.6) is 28.7 Å². The van der Waals surface area contributed by atoms with E-state index in [1.165, 1.54) is 0 Å². The molecule has 0 bridgehead atoms. The first-order chi connectivity index (χ1) is 28.2. The van der Waals surface area contributed by atoms with Gasteiger partial charge in [-0.1, -0.05) is 12.1 Å². The molecule has 0 fully saturated rings. The Balaban J connectivity index is 1.82. The van der Waals surface area contributed by atoms with Crippen molar-refractivity contribution in [3.63, 3.8) is 0 Å². The van der Waals surface area contributed by atoms with Crippen molar-refractivity contribution in [1.29, 1.82) is 0 Å². The van der Waals surface area contributed by atoms with Crippen LogP contribution in [0.15, 0.2) is 109 Å². The number of carbonyl (C=O) groups excluding carboxylic acids is 2. The Morgan fingerprint density at radius 1 is 0.458 bits per heavy atom. The second kappa shape index (κ2) is 19.7. The molecule has 0 aliphatic rings. The van der Waals surface area contributed by atoms with Gasteiger partial charge in [0, 0.05) is 28.8 Å². The van der Waals surface area contributed by atoms with Crippen LogP contribution in [0.2, 0.25) is 0 Å². The molecule has 0 atom stereocenters. The number of ketones is 2. The largest absolute Gasteiger partial charge is 0.497 e. The maximum atomic E-state index is 15.6. The van der Waals surface area contributed by atoms with Gasteiger partial charge in [0.15, 0.2) is 0 Å². The standard InChI is InChI=1S/C43H31Br8NO7/c1-55-25-8-6-20(7-9-25)10-11-52-36(38(53)23-16-30(48)42(58-4)31(49)17-23)34(21-12-26(44)40(56-2)27(45)13-21)35(22-14-28(46)41(57-3)29(47)15-22)37(52)39(54)24-18-32(50)43(59-5)33(51)19-24/h6-9,12-19H,10-11H2,1-5H3. The van der Waals surface area contributed by atoms with Gasteiger partial charge < -0.3 is 28.3 Å². The van der Waals surface area contributed by atoms with E-state index in [4.69, 9.17) is 23.7 Å². The fourth-order valence-electron chi connectivity index (χ4n) is 6.75. The zero-order chi connectivity index (χ0) is 42.9. The minimum Gasteiger partial charge on any atom is -0.497 e. The van der Waals surface area contributed by atoms with Crippen LogP contribution in [0.4, 0.5) is 0 Å². The Labute approximate surface area is 408 Å². The lowest BCUT2D eigenvalue weighted by atomic mass is 9.91. The molecule has 1 aromatic heterocycles. The van der Waals surface area contributed by atoms with Crippen molar-refractivity contribution in [2.24, 2.45) is 0 Å². The first-order valence-corrected chi connectivity index (χ1v) is 23.6. The molecule has 59 heavy (non-hydrogen) atoms. The molecule has 0 N–H and O–H groups in total. The summed E-state index contributed by atoms with van der Waals surface area (Å²) in [6.07, 6.45) is 0.454. The third-order valence-corrected chi connectivity index (χ3v) is 14.1. The molecule has 1 heterocycles. The minimum absolute atomic E-state index is 0.232. The van der Waals surface area contributed by atoms with Crippen LogP contribution in [-0.2, 0) is 13.0 Å². The number of methoxy groups -OCH3 is 5. The van der Waals surface area contributed by atoms with E-state index in [1.54, 1.807) is 59.8 Å². The first-order valence-electron chi connectivity index (χ1n) is 17.3. The minimum atomic E-state index is -0.342. The fraction of sp³-hybridized carbons (Fsp3) is 0.163. The van der Waals surface area contributed by atoms with Crippen LogP contribution in [0.3, 0.4) is 0 Å². The van der Waals surface area contributed by atoms with E-state index in [-0.39, 0.29) is 29.5 Å². The van der Waals surface area contributed by atoms with Crippen molar-refractivity contribution >= 4 is 139 Å². The molecule has 0 radical (unpaired) electrons. The molecule has 0 saturated carbocycles. The van der Waals surface area contributed by atoms with Crippen LogP contribution in [0, 0.1) is 0 Å². The molecule has 16 heteroatoms. The molecule has 0 amide bonds. The topological polar surface area (TPSA) is 85.2 Å². The average Bonchev–Trinajstić information content (AvgIpc) is 3.54. The van der Waals surface area contributed by atoms with Gasteiger partial charge in [-0.05, 0) is 211 Å². The van der Waals surface area contributed by atoms with Gasteiger partial charge in [-0.25, -0.2) is 0 Å². The summed E-state index contributed by atoms with van der Waals surface area (Å²) in [5.41, 5.74) is 4.50.